The lowest BCUT2D eigenvalue weighted by atomic mass is 10.1. The van der Waals surface area contributed by atoms with E-state index in [1.165, 1.54) is 0 Å². The molecule has 2 aromatic heterocycles. The third-order valence-corrected chi connectivity index (χ3v) is 4.74. The normalized spacial score (nSPS) is 11.3. The molecule has 2 heterocycles. The molecule has 0 aliphatic rings. The van der Waals surface area contributed by atoms with Gasteiger partial charge in [0.2, 0.25) is 5.91 Å². The highest BCUT2D eigenvalue weighted by Crippen LogP contribution is 2.25. The molecule has 6 heteroatoms. The van der Waals surface area contributed by atoms with Crippen molar-refractivity contribution in [1.82, 2.24) is 9.88 Å². The van der Waals surface area contributed by atoms with Gasteiger partial charge in [-0.15, -0.1) is 0 Å². The van der Waals surface area contributed by atoms with Crippen LogP contribution in [0.4, 0.5) is 5.82 Å². The summed E-state index contributed by atoms with van der Waals surface area (Å²) >= 11 is 0. The summed E-state index contributed by atoms with van der Waals surface area (Å²) in [5, 5.41) is 4.02. The number of carbonyl (C=O) groups is 1. The van der Waals surface area contributed by atoms with Crippen molar-refractivity contribution in [3.63, 3.8) is 0 Å². The van der Waals surface area contributed by atoms with Crippen molar-refractivity contribution in [2.45, 2.75) is 13.5 Å². The van der Waals surface area contributed by atoms with E-state index in [0.29, 0.717) is 34.4 Å². The van der Waals surface area contributed by atoms with Crippen LogP contribution in [0, 0.1) is 6.92 Å². The molecule has 4 aromatic rings. The average molecular weight is 387 g/mol. The minimum atomic E-state index is -0.427. The molecule has 0 radical (unpaired) electrons. The summed E-state index contributed by atoms with van der Waals surface area (Å²) in [7, 11) is 1.89. The molecule has 0 fully saturated rings. The van der Waals surface area contributed by atoms with Crippen LogP contribution in [0.25, 0.3) is 21.9 Å². The van der Waals surface area contributed by atoms with Crippen LogP contribution in [0.5, 0.6) is 0 Å². The molecule has 1 amide bonds. The van der Waals surface area contributed by atoms with Crippen molar-refractivity contribution < 1.29 is 9.21 Å². The van der Waals surface area contributed by atoms with Crippen LogP contribution in [-0.4, -0.2) is 29.4 Å². The predicted molar refractivity (Wildman–Crippen MR) is 114 cm³/mol. The Labute approximate surface area is 167 Å². The van der Waals surface area contributed by atoms with Crippen molar-refractivity contribution in [3.8, 4) is 0 Å². The third-order valence-electron chi connectivity index (χ3n) is 4.74. The third kappa shape index (κ3) is 4.02. The largest absolute Gasteiger partial charge is 0.422 e. The van der Waals surface area contributed by atoms with Crippen LogP contribution in [0.1, 0.15) is 11.1 Å². The van der Waals surface area contributed by atoms with E-state index in [1.807, 2.05) is 61.3 Å². The highest BCUT2D eigenvalue weighted by Gasteiger charge is 2.14. The first kappa shape index (κ1) is 18.8. The Morgan fingerprint density at radius 3 is 2.62 bits per heavy atom. The van der Waals surface area contributed by atoms with Crippen LogP contribution >= 0.6 is 0 Å². The maximum absolute atomic E-state index is 12.5. The number of pyridine rings is 1. The van der Waals surface area contributed by atoms with Gasteiger partial charge >= 0.3 is 5.63 Å². The van der Waals surface area contributed by atoms with E-state index in [0.717, 1.165) is 10.9 Å². The van der Waals surface area contributed by atoms with E-state index in [9.17, 15) is 9.59 Å². The summed E-state index contributed by atoms with van der Waals surface area (Å²) in [6.07, 6.45) is 0. The standard InChI is InChI=1S/C23H21N3O3/c1-15-12-19(24-20(27)14-26(2)13-16-8-4-3-5-9-16)25-22-17-10-6-7-11-18(17)29-23(28)21(15)22/h3-12H,13-14H2,1-2H3,(H,24,25,27). The number of anilines is 1. The molecule has 0 saturated carbocycles. The van der Waals surface area contributed by atoms with E-state index >= 15 is 0 Å². The molecular weight excluding hydrogens is 366 g/mol. The number of carbonyl (C=O) groups excluding carboxylic acids is 1. The maximum atomic E-state index is 12.5. The summed E-state index contributed by atoms with van der Waals surface area (Å²) in [4.78, 5) is 31.4. The molecule has 0 bridgehead atoms. The Morgan fingerprint density at radius 1 is 1.10 bits per heavy atom. The Morgan fingerprint density at radius 2 is 1.83 bits per heavy atom. The van der Waals surface area contributed by atoms with Crippen molar-refractivity contribution in [2.75, 3.05) is 18.9 Å². The van der Waals surface area contributed by atoms with E-state index in [-0.39, 0.29) is 12.5 Å². The summed E-state index contributed by atoms with van der Waals surface area (Å²) in [5.41, 5.74) is 2.43. The first-order chi connectivity index (χ1) is 14.0. The summed E-state index contributed by atoms with van der Waals surface area (Å²) in [6, 6.07) is 18.9. The molecule has 2 aromatic carbocycles. The molecular formula is C23H21N3O3. The number of nitrogens with zero attached hydrogens (tertiary/aromatic N) is 2. The van der Waals surface area contributed by atoms with Crippen LogP contribution in [-0.2, 0) is 11.3 Å². The second-order valence-electron chi connectivity index (χ2n) is 7.14. The lowest BCUT2D eigenvalue weighted by Crippen LogP contribution is -2.30. The minimum Gasteiger partial charge on any atom is -0.422 e. The van der Waals surface area contributed by atoms with Gasteiger partial charge in [0, 0.05) is 11.9 Å². The van der Waals surface area contributed by atoms with Gasteiger partial charge in [0.05, 0.1) is 17.4 Å². The fourth-order valence-corrected chi connectivity index (χ4v) is 3.47. The molecule has 146 valence electrons. The molecule has 29 heavy (non-hydrogen) atoms. The van der Waals surface area contributed by atoms with Gasteiger partial charge < -0.3 is 9.73 Å². The number of amides is 1. The number of benzene rings is 2. The van der Waals surface area contributed by atoms with Crippen LogP contribution in [0.3, 0.4) is 0 Å². The summed E-state index contributed by atoms with van der Waals surface area (Å²) < 4.78 is 5.40. The van der Waals surface area contributed by atoms with E-state index in [4.69, 9.17) is 4.42 Å². The van der Waals surface area contributed by atoms with E-state index < -0.39 is 5.63 Å². The molecule has 0 unspecified atom stereocenters. The summed E-state index contributed by atoms with van der Waals surface area (Å²) in [5.74, 6) is 0.255. The van der Waals surface area contributed by atoms with Gasteiger partial charge in [0.25, 0.3) is 0 Å². The summed E-state index contributed by atoms with van der Waals surface area (Å²) in [6.45, 7) is 2.71. The molecule has 4 rings (SSSR count). The topological polar surface area (TPSA) is 75.4 Å². The van der Waals surface area contributed by atoms with Crippen molar-refractivity contribution >= 4 is 33.6 Å². The zero-order valence-corrected chi connectivity index (χ0v) is 16.3. The Bertz CT molecular complexity index is 1250. The number of hydrogen-bond donors (Lipinski definition) is 1. The van der Waals surface area contributed by atoms with Gasteiger partial charge in [-0.05, 0) is 43.3 Å². The average Bonchev–Trinajstić information content (AvgIpc) is 2.68. The molecule has 0 spiro atoms. The number of hydrogen-bond acceptors (Lipinski definition) is 5. The van der Waals surface area contributed by atoms with Gasteiger partial charge in [-0.25, -0.2) is 9.78 Å². The zero-order chi connectivity index (χ0) is 20.4. The monoisotopic (exact) mass is 387 g/mol. The highest BCUT2D eigenvalue weighted by molar-refractivity contribution is 6.04. The Hall–Kier alpha value is -3.51. The lowest BCUT2D eigenvalue weighted by Gasteiger charge is -2.16. The SMILES string of the molecule is Cc1cc(NC(=O)CN(C)Cc2ccccc2)nc2c1c(=O)oc1ccccc12. The predicted octanol–water partition coefficient (Wildman–Crippen LogP) is 3.72. The molecule has 0 atom stereocenters. The Kier molecular flexibility index (Phi) is 5.10. The van der Waals surface area contributed by atoms with Crippen LogP contribution < -0.4 is 10.9 Å². The molecule has 0 aliphatic carbocycles. The van der Waals surface area contributed by atoms with Gasteiger partial charge in [-0.2, -0.15) is 0 Å². The van der Waals surface area contributed by atoms with Gasteiger partial charge in [0.15, 0.2) is 0 Å². The van der Waals surface area contributed by atoms with E-state index in [2.05, 4.69) is 10.3 Å². The minimum absolute atomic E-state index is 0.165. The van der Waals surface area contributed by atoms with Gasteiger partial charge in [0.1, 0.15) is 11.4 Å². The number of likely N-dealkylation sites (N-methyl/N-ethyl adjacent to an activating group) is 1. The Balaban J connectivity index is 1.58. The first-order valence-electron chi connectivity index (χ1n) is 9.37. The molecule has 1 N–H and O–H groups in total. The highest BCUT2D eigenvalue weighted by atomic mass is 16.4. The fraction of sp³-hybridized carbons (Fsp3) is 0.174. The number of aryl methyl sites for hydroxylation is 1. The van der Waals surface area contributed by atoms with Gasteiger partial charge in [-0.3, -0.25) is 9.69 Å². The molecule has 6 nitrogen and oxygen atoms in total. The lowest BCUT2D eigenvalue weighted by molar-refractivity contribution is -0.117. The number of rotatable bonds is 5. The number of aromatic nitrogens is 1. The number of fused-ring (bicyclic) bond motifs is 3. The maximum Gasteiger partial charge on any atom is 0.346 e. The van der Waals surface area contributed by atoms with Crippen LogP contribution in [0.15, 0.2) is 69.9 Å². The van der Waals surface area contributed by atoms with Crippen molar-refractivity contribution in [2.24, 2.45) is 0 Å². The first-order valence-corrected chi connectivity index (χ1v) is 9.37. The second kappa shape index (κ2) is 7.85. The number of para-hydroxylation sites is 1. The van der Waals surface area contributed by atoms with Gasteiger partial charge in [-0.1, -0.05) is 42.5 Å². The number of nitrogens with one attached hydrogen (secondary N) is 1. The quantitative estimate of drug-likeness (QED) is 0.417. The second-order valence-corrected chi connectivity index (χ2v) is 7.14. The smallest absolute Gasteiger partial charge is 0.346 e. The molecule has 0 saturated heterocycles. The van der Waals surface area contributed by atoms with Crippen LogP contribution in [0.2, 0.25) is 0 Å². The fourth-order valence-electron chi connectivity index (χ4n) is 3.47. The van der Waals surface area contributed by atoms with Crippen molar-refractivity contribution in [1.29, 1.82) is 0 Å². The van der Waals surface area contributed by atoms with E-state index in [1.54, 1.807) is 18.2 Å². The van der Waals surface area contributed by atoms with Crippen molar-refractivity contribution in [3.05, 3.63) is 82.2 Å². The zero-order valence-electron chi connectivity index (χ0n) is 16.3. The molecule has 0 aliphatic heterocycles.